The van der Waals surface area contributed by atoms with E-state index in [-0.39, 0.29) is 11.8 Å². The van der Waals surface area contributed by atoms with Crippen LogP contribution in [0.1, 0.15) is 19.8 Å². The SMILES string of the molecule is COc1cccc(NC2(C(=O)N(C)C)CCN(C(C)=O)CC2)c1. The average Bonchev–Trinajstić information content (AvgIpc) is 2.54. The lowest BCUT2D eigenvalue weighted by molar-refractivity contribution is -0.138. The van der Waals surface area contributed by atoms with Gasteiger partial charge in [0, 0.05) is 45.9 Å². The van der Waals surface area contributed by atoms with Crippen molar-refractivity contribution in [1.82, 2.24) is 9.80 Å². The Balaban J connectivity index is 2.24. The molecule has 1 saturated heterocycles. The van der Waals surface area contributed by atoms with Gasteiger partial charge in [0.1, 0.15) is 11.3 Å². The van der Waals surface area contributed by atoms with Crippen LogP contribution in [0.5, 0.6) is 5.75 Å². The highest BCUT2D eigenvalue weighted by Crippen LogP contribution is 2.30. The maximum atomic E-state index is 12.8. The number of nitrogens with zero attached hydrogens (tertiary/aromatic N) is 2. The molecule has 0 bridgehead atoms. The first-order valence-electron chi connectivity index (χ1n) is 7.77. The van der Waals surface area contributed by atoms with Crippen molar-refractivity contribution in [3.63, 3.8) is 0 Å². The van der Waals surface area contributed by atoms with E-state index in [1.54, 1.807) is 37.9 Å². The fourth-order valence-corrected chi connectivity index (χ4v) is 3.00. The van der Waals surface area contributed by atoms with Crippen molar-refractivity contribution in [2.45, 2.75) is 25.3 Å². The molecule has 0 unspecified atom stereocenters. The topological polar surface area (TPSA) is 61.9 Å². The number of benzene rings is 1. The molecule has 0 spiro atoms. The normalized spacial score (nSPS) is 16.6. The summed E-state index contributed by atoms with van der Waals surface area (Å²) < 4.78 is 5.25. The van der Waals surface area contributed by atoms with Gasteiger partial charge in [0.05, 0.1) is 7.11 Å². The number of nitrogens with one attached hydrogen (secondary N) is 1. The minimum atomic E-state index is -0.693. The summed E-state index contributed by atoms with van der Waals surface area (Å²) in [5.41, 5.74) is 0.151. The molecule has 2 amide bonds. The molecule has 1 N–H and O–H groups in total. The van der Waals surface area contributed by atoms with Crippen molar-refractivity contribution in [3.8, 4) is 5.75 Å². The van der Waals surface area contributed by atoms with Crippen molar-refractivity contribution in [1.29, 1.82) is 0 Å². The van der Waals surface area contributed by atoms with Gasteiger partial charge in [-0.25, -0.2) is 0 Å². The van der Waals surface area contributed by atoms with Gasteiger partial charge in [-0.3, -0.25) is 9.59 Å². The van der Waals surface area contributed by atoms with Crippen LogP contribution in [-0.4, -0.2) is 61.4 Å². The van der Waals surface area contributed by atoms with Crippen LogP contribution < -0.4 is 10.1 Å². The number of likely N-dealkylation sites (tertiary alicyclic amines) is 1. The van der Waals surface area contributed by atoms with E-state index in [1.807, 2.05) is 24.3 Å². The van der Waals surface area contributed by atoms with Gasteiger partial charge in [0.25, 0.3) is 0 Å². The predicted octanol–water partition coefficient (Wildman–Crippen LogP) is 1.58. The number of methoxy groups -OCH3 is 1. The Kier molecular flexibility index (Phi) is 5.13. The van der Waals surface area contributed by atoms with Gasteiger partial charge < -0.3 is 19.9 Å². The molecule has 1 aromatic rings. The van der Waals surface area contributed by atoms with Crippen LogP contribution in [0.4, 0.5) is 5.69 Å². The minimum Gasteiger partial charge on any atom is -0.497 e. The number of ether oxygens (including phenoxy) is 1. The summed E-state index contributed by atoms with van der Waals surface area (Å²) in [6.45, 7) is 2.72. The number of hydrogen-bond acceptors (Lipinski definition) is 4. The Bertz CT molecular complexity index is 578. The lowest BCUT2D eigenvalue weighted by Crippen LogP contribution is -2.58. The molecule has 1 fully saturated rings. The van der Waals surface area contributed by atoms with Crippen molar-refractivity contribution >= 4 is 17.5 Å². The van der Waals surface area contributed by atoms with E-state index in [9.17, 15) is 9.59 Å². The number of carbonyl (C=O) groups is 2. The van der Waals surface area contributed by atoms with Gasteiger partial charge in [-0.1, -0.05) is 6.07 Å². The van der Waals surface area contributed by atoms with Crippen molar-refractivity contribution < 1.29 is 14.3 Å². The number of piperidine rings is 1. The summed E-state index contributed by atoms with van der Waals surface area (Å²) in [6.07, 6.45) is 1.17. The van der Waals surface area contributed by atoms with Gasteiger partial charge in [-0.05, 0) is 25.0 Å². The van der Waals surface area contributed by atoms with Crippen LogP contribution in [-0.2, 0) is 9.59 Å². The fraction of sp³-hybridized carbons (Fsp3) is 0.529. The zero-order valence-corrected chi connectivity index (χ0v) is 14.3. The molecule has 0 aromatic heterocycles. The maximum absolute atomic E-state index is 12.8. The Morgan fingerprint density at radius 2 is 1.91 bits per heavy atom. The average molecular weight is 319 g/mol. The Hall–Kier alpha value is -2.24. The summed E-state index contributed by atoms with van der Waals surface area (Å²) in [4.78, 5) is 27.7. The molecule has 6 nitrogen and oxygen atoms in total. The number of carbonyl (C=O) groups excluding carboxylic acids is 2. The van der Waals surface area contributed by atoms with Crippen molar-refractivity contribution in [2.75, 3.05) is 39.6 Å². The molecule has 126 valence electrons. The van der Waals surface area contributed by atoms with Gasteiger partial charge >= 0.3 is 0 Å². The highest BCUT2D eigenvalue weighted by Gasteiger charge is 2.42. The third kappa shape index (κ3) is 3.75. The van der Waals surface area contributed by atoms with E-state index in [0.717, 1.165) is 11.4 Å². The van der Waals surface area contributed by atoms with Crippen molar-refractivity contribution in [3.05, 3.63) is 24.3 Å². The quantitative estimate of drug-likeness (QED) is 0.915. The van der Waals surface area contributed by atoms with E-state index >= 15 is 0 Å². The van der Waals surface area contributed by atoms with E-state index in [2.05, 4.69) is 5.32 Å². The molecular weight excluding hydrogens is 294 g/mol. The molecule has 0 saturated carbocycles. The highest BCUT2D eigenvalue weighted by atomic mass is 16.5. The monoisotopic (exact) mass is 319 g/mol. The Morgan fingerprint density at radius 3 is 2.43 bits per heavy atom. The molecule has 0 atom stereocenters. The van der Waals surface area contributed by atoms with E-state index in [4.69, 9.17) is 4.74 Å². The second-order valence-electron chi connectivity index (χ2n) is 6.14. The molecule has 6 heteroatoms. The Morgan fingerprint density at radius 1 is 1.26 bits per heavy atom. The Labute approximate surface area is 137 Å². The van der Waals surface area contributed by atoms with Gasteiger partial charge in [0.15, 0.2) is 0 Å². The molecule has 0 radical (unpaired) electrons. The second-order valence-corrected chi connectivity index (χ2v) is 6.14. The smallest absolute Gasteiger partial charge is 0.247 e. The van der Waals surface area contributed by atoms with Gasteiger partial charge in [-0.15, -0.1) is 0 Å². The molecule has 1 aliphatic rings. The van der Waals surface area contributed by atoms with Crippen LogP contribution in [0.15, 0.2) is 24.3 Å². The molecular formula is C17H25N3O3. The molecule has 1 heterocycles. The first-order valence-corrected chi connectivity index (χ1v) is 7.77. The lowest BCUT2D eigenvalue weighted by atomic mass is 9.85. The van der Waals surface area contributed by atoms with E-state index in [1.165, 1.54) is 0 Å². The number of hydrogen-bond donors (Lipinski definition) is 1. The van der Waals surface area contributed by atoms with Crippen molar-refractivity contribution in [2.24, 2.45) is 0 Å². The third-order valence-electron chi connectivity index (χ3n) is 4.33. The summed E-state index contributed by atoms with van der Waals surface area (Å²) in [5.74, 6) is 0.824. The molecule has 23 heavy (non-hydrogen) atoms. The minimum absolute atomic E-state index is 0.0310. The highest BCUT2D eigenvalue weighted by molar-refractivity contribution is 5.89. The summed E-state index contributed by atoms with van der Waals surface area (Å²) in [6, 6.07) is 7.55. The summed E-state index contributed by atoms with van der Waals surface area (Å²) >= 11 is 0. The predicted molar refractivity (Wildman–Crippen MR) is 89.5 cm³/mol. The zero-order valence-electron chi connectivity index (χ0n) is 14.3. The maximum Gasteiger partial charge on any atom is 0.247 e. The van der Waals surface area contributed by atoms with Crippen LogP contribution in [0.25, 0.3) is 0 Å². The lowest BCUT2D eigenvalue weighted by Gasteiger charge is -2.42. The van der Waals surface area contributed by atoms with Crippen LogP contribution >= 0.6 is 0 Å². The summed E-state index contributed by atoms with van der Waals surface area (Å²) in [5, 5.41) is 3.40. The van der Waals surface area contributed by atoms with E-state index < -0.39 is 5.54 Å². The zero-order chi connectivity index (χ0) is 17.0. The number of anilines is 1. The van der Waals surface area contributed by atoms with Gasteiger partial charge in [-0.2, -0.15) is 0 Å². The number of likely N-dealkylation sites (N-methyl/N-ethyl adjacent to an activating group) is 1. The van der Waals surface area contributed by atoms with Crippen LogP contribution in [0.3, 0.4) is 0 Å². The molecule has 1 aliphatic heterocycles. The van der Waals surface area contributed by atoms with Crippen LogP contribution in [0, 0.1) is 0 Å². The number of rotatable bonds is 4. The second kappa shape index (κ2) is 6.89. The standard InChI is InChI=1S/C17H25N3O3/c1-13(21)20-10-8-17(9-11-20,16(22)19(2)3)18-14-6-5-7-15(12-14)23-4/h5-7,12,18H,8-11H2,1-4H3. The number of amides is 2. The molecule has 1 aromatic carbocycles. The largest absolute Gasteiger partial charge is 0.497 e. The summed E-state index contributed by atoms with van der Waals surface area (Å²) in [7, 11) is 5.13. The fourth-order valence-electron chi connectivity index (χ4n) is 3.00. The third-order valence-corrected chi connectivity index (χ3v) is 4.33. The van der Waals surface area contributed by atoms with Gasteiger partial charge in [0.2, 0.25) is 11.8 Å². The first-order chi connectivity index (χ1) is 10.9. The molecule has 2 rings (SSSR count). The van der Waals surface area contributed by atoms with Crippen LogP contribution in [0.2, 0.25) is 0 Å². The van der Waals surface area contributed by atoms with E-state index in [0.29, 0.717) is 25.9 Å². The first kappa shape index (κ1) is 17.1. The molecule has 0 aliphatic carbocycles.